The summed E-state index contributed by atoms with van der Waals surface area (Å²) >= 11 is 1.64. The molecule has 1 atom stereocenters. The largest absolute Gasteiger partial charge is 0.355 e. The van der Waals surface area contributed by atoms with E-state index in [1.165, 1.54) is 23.3 Å². The molecule has 2 aromatic rings. The Balaban J connectivity index is 0.000000292. The van der Waals surface area contributed by atoms with Gasteiger partial charge in [-0.2, -0.15) is 0 Å². The highest BCUT2D eigenvalue weighted by Gasteiger charge is 2.24. The molecule has 160 valence electrons. The lowest BCUT2D eigenvalue weighted by Crippen LogP contribution is -2.34. The molecule has 2 amide bonds. The SMILES string of the molecule is CC(C)CC(=O)N1CCCC1C.Cc1ncsc1-c1ccc(CNC=O)cc1.N. The van der Waals surface area contributed by atoms with E-state index in [-0.39, 0.29) is 6.15 Å². The number of thiazole rings is 1. The lowest BCUT2D eigenvalue weighted by Gasteiger charge is -2.22. The third-order valence-electron chi connectivity index (χ3n) is 4.81. The van der Waals surface area contributed by atoms with Crippen molar-refractivity contribution in [1.82, 2.24) is 21.4 Å². The van der Waals surface area contributed by atoms with Crippen molar-refractivity contribution in [3.05, 3.63) is 41.0 Å². The summed E-state index contributed by atoms with van der Waals surface area (Å²) in [7, 11) is 0. The van der Waals surface area contributed by atoms with E-state index in [0.717, 1.165) is 17.8 Å². The average Bonchev–Trinajstić information content (AvgIpc) is 3.28. The van der Waals surface area contributed by atoms with Gasteiger partial charge in [-0.25, -0.2) is 4.98 Å². The minimum Gasteiger partial charge on any atom is -0.355 e. The fourth-order valence-electron chi connectivity index (χ4n) is 3.28. The number of amides is 2. The van der Waals surface area contributed by atoms with Crippen molar-refractivity contribution < 1.29 is 9.59 Å². The Morgan fingerprint density at radius 1 is 1.34 bits per heavy atom. The number of aryl methyl sites for hydroxylation is 1. The van der Waals surface area contributed by atoms with Crippen molar-refractivity contribution in [3.63, 3.8) is 0 Å². The molecule has 6 nitrogen and oxygen atoms in total. The van der Waals surface area contributed by atoms with Crippen LogP contribution in [0.15, 0.2) is 29.8 Å². The van der Waals surface area contributed by atoms with E-state index in [2.05, 4.69) is 43.2 Å². The van der Waals surface area contributed by atoms with Gasteiger partial charge < -0.3 is 16.4 Å². The molecule has 29 heavy (non-hydrogen) atoms. The van der Waals surface area contributed by atoms with Crippen molar-refractivity contribution in [2.24, 2.45) is 5.92 Å². The first-order valence-electron chi connectivity index (χ1n) is 9.88. The molecule has 1 fully saturated rings. The van der Waals surface area contributed by atoms with Gasteiger partial charge in [-0.05, 0) is 43.7 Å². The Morgan fingerprint density at radius 3 is 2.52 bits per heavy atom. The first kappa shape index (κ1) is 24.8. The highest BCUT2D eigenvalue weighted by molar-refractivity contribution is 7.13. The summed E-state index contributed by atoms with van der Waals surface area (Å²) in [5.74, 6) is 0.834. The second kappa shape index (κ2) is 12.3. The summed E-state index contributed by atoms with van der Waals surface area (Å²) in [6.07, 6.45) is 3.79. The fourth-order valence-corrected chi connectivity index (χ4v) is 4.09. The standard InChI is InChI=1S/C12H12N2OS.C10H19NO.H3N/c1-9-12(16-8-14-9)11-4-2-10(3-5-11)6-13-7-15;1-8(2)7-10(12)11-6-4-5-9(11)3;/h2-5,7-8H,6H2,1H3,(H,13,15);8-9H,4-7H2,1-3H3;1H3. The predicted molar refractivity (Wildman–Crippen MR) is 120 cm³/mol. The van der Waals surface area contributed by atoms with Gasteiger partial charge in [0.05, 0.1) is 16.1 Å². The number of carbonyl (C=O) groups is 2. The summed E-state index contributed by atoms with van der Waals surface area (Å²) in [5, 5.41) is 2.64. The van der Waals surface area contributed by atoms with E-state index >= 15 is 0 Å². The first-order valence-corrected chi connectivity index (χ1v) is 10.8. The number of benzene rings is 1. The number of carbonyl (C=O) groups excluding carboxylic acids is 2. The van der Waals surface area contributed by atoms with Gasteiger partial charge >= 0.3 is 0 Å². The first-order chi connectivity index (χ1) is 13.4. The fraction of sp³-hybridized carbons (Fsp3) is 0.500. The van der Waals surface area contributed by atoms with Crippen LogP contribution in [0.1, 0.15) is 51.3 Å². The van der Waals surface area contributed by atoms with Crippen molar-refractivity contribution in [2.75, 3.05) is 6.54 Å². The molecule has 3 rings (SSSR count). The summed E-state index contributed by atoms with van der Waals surface area (Å²) < 4.78 is 0. The maximum Gasteiger partial charge on any atom is 0.223 e. The van der Waals surface area contributed by atoms with Crippen LogP contribution in [0.5, 0.6) is 0 Å². The molecular formula is C22H34N4O2S. The third-order valence-corrected chi connectivity index (χ3v) is 5.78. The van der Waals surface area contributed by atoms with Gasteiger partial charge in [0.25, 0.3) is 0 Å². The van der Waals surface area contributed by atoms with Gasteiger partial charge in [-0.1, -0.05) is 38.1 Å². The number of nitrogens with zero attached hydrogens (tertiary/aromatic N) is 2. The number of rotatable bonds is 6. The molecule has 0 saturated carbocycles. The van der Waals surface area contributed by atoms with E-state index in [1.54, 1.807) is 11.3 Å². The summed E-state index contributed by atoms with van der Waals surface area (Å²) in [4.78, 5) is 29.2. The minimum absolute atomic E-state index is 0. The van der Waals surface area contributed by atoms with Gasteiger partial charge in [0.1, 0.15) is 0 Å². The number of nitrogens with one attached hydrogen (secondary N) is 1. The molecule has 1 saturated heterocycles. The van der Waals surface area contributed by atoms with Crippen molar-refractivity contribution in [3.8, 4) is 10.4 Å². The van der Waals surface area contributed by atoms with Crippen LogP contribution in [0.2, 0.25) is 0 Å². The zero-order chi connectivity index (χ0) is 20.5. The number of hydrogen-bond acceptors (Lipinski definition) is 5. The Morgan fingerprint density at radius 2 is 2.03 bits per heavy atom. The lowest BCUT2D eigenvalue weighted by atomic mass is 10.1. The predicted octanol–water partition coefficient (Wildman–Crippen LogP) is 4.57. The summed E-state index contributed by atoms with van der Waals surface area (Å²) in [5.41, 5.74) is 5.18. The van der Waals surface area contributed by atoms with E-state index < -0.39 is 0 Å². The molecule has 0 spiro atoms. The molecule has 0 bridgehead atoms. The van der Waals surface area contributed by atoms with Crippen molar-refractivity contribution in [1.29, 1.82) is 0 Å². The van der Waals surface area contributed by atoms with Crippen LogP contribution in [0.25, 0.3) is 10.4 Å². The van der Waals surface area contributed by atoms with Crippen LogP contribution in [-0.4, -0.2) is 34.8 Å². The van der Waals surface area contributed by atoms with E-state index in [0.29, 0.717) is 37.2 Å². The molecule has 1 aliphatic heterocycles. The zero-order valence-electron chi connectivity index (χ0n) is 18.0. The second-order valence-corrected chi connectivity index (χ2v) is 8.49. The Labute approximate surface area is 178 Å². The molecule has 7 heteroatoms. The Hall–Kier alpha value is -2.25. The molecule has 1 aliphatic rings. The quantitative estimate of drug-likeness (QED) is 0.672. The number of hydrogen-bond donors (Lipinski definition) is 2. The molecule has 1 aromatic carbocycles. The molecule has 0 radical (unpaired) electrons. The monoisotopic (exact) mass is 418 g/mol. The van der Waals surface area contributed by atoms with Gasteiger partial charge in [0, 0.05) is 25.6 Å². The Kier molecular flexibility index (Phi) is 10.5. The molecule has 1 unspecified atom stereocenters. The smallest absolute Gasteiger partial charge is 0.223 e. The van der Waals surface area contributed by atoms with Gasteiger partial charge in [-0.3, -0.25) is 9.59 Å². The topological polar surface area (TPSA) is 97.3 Å². The van der Waals surface area contributed by atoms with E-state index in [4.69, 9.17) is 0 Å². The van der Waals surface area contributed by atoms with Crippen molar-refractivity contribution in [2.45, 2.75) is 59.5 Å². The van der Waals surface area contributed by atoms with Crippen LogP contribution in [0.4, 0.5) is 0 Å². The van der Waals surface area contributed by atoms with Crippen LogP contribution < -0.4 is 11.5 Å². The van der Waals surface area contributed by atoms with Crippen LogP contribution >= 0.6 is 11.3 Å². The summed E-state index contributed by atoms with van der Waals surface area (Å²) in [6.45, 7) is 9.90. The van der Waals surface area contributed by atoms with Gasteiger partial charge in [-0.15, -0.1) is 11.3 Å². The molecular weight excluding hydrogens is 384 g/mol. The van der Waals surface area contributed by atoms with Crippen LogP contribution in [0, 0.1) is 12.8 Å². The number of likely N-dealkylation sites (tertiary alicyclic amines) is 1. The normalized spacial score (nSPS) is 15.3. The molecule has 0 aliphatic carbocycles. The summed E-state index contributed by atoms with van der Waals surface area (Å²) in [6, 6.07) is 8.64. The molecule has 4 N–H and O–H groups in total. The minimum atomic E-state index is 0. The maximum absolute atomic E-state index is 11.6. The van der Waals surface area contributed by atoms with Gasteiger partial charge in [0.2, 0.25) is 12.3 Å². The molecule has 2 heterocycles. The average molecular weight is 419 g/mol. The van der Waals surface area contributed by atoms with Crippen LogP contribution in [-0.2, 0) is 16.1 Å². The Bertz CT molecular complexity index is 758. The van der Waals surface area contributed by atoms with Gasteiger partial charge in [0.15, 0.2) is 0 Å². The third kappa shape index (κ3) is 7.59. The lowest BCUT2D eigenvalue weighted by molar-refractivity contribution is -0.132. The van der Waals surface area contributed by atoms with Crippen LogP contribution in [0.3, 0.4) is 0 Å². The highest BCUT2D eigenvalue weighted by Crippen LogP contribution is 2.27. The number of aromatic nitrogens is 1. The van der Waals surface area contributed by atoms with Crippen molar-refractivity contribution >= 4 is 23.7 Å². The zero-order valence-corrected chi connectivity index (χ0v) is 18.8. The molecule has 1 aromatic heterocycles. The highest BCUT2D eigenvalue weighted by atomic mass is 32.1. The van der Waals surface area contributed by atoms with E-state index in [1.807, 2.05) is 29.5 Å². The maximum atomic E-state index is 11.6. The van der Waals surface area contributed by atoms with E-state index in [9.17, 15) is 9.59 Å². The second-order valence-electron chi connectivity index (χ2n) is 7.64.